The number of rotatable bonds is 4. The Balaban J connectivity index is 1.65. The number of anilines is 1. The molecule has 1 aliphatic heterocycles. The van der Waals surface area contributed by atoms with Gasteiger partial charge in [0.25, 0.3) is 0 Å². The van der Waals surface area contributed by atoms with Crippen molar-refractivity contribution >= 4 is 27.5 Å². The highest BCUT2D eigenvalue weighted by atomic mass is 32.2. The summed E-state index contributed by atoms with van der Waals surface area (Å²) in [6.07, 6.45) is 6.04. The van der Waals surface area contributed by atoms with Crippen LogP contribution >= 0.6 is 0 Å². The van der Waals surface area contributed by atoms with Crippen LogP contribution in [-0.4, -0.2) is 24.1 Å². The normalized spacial score (nSPS) is 14.8. The zero-order valence-corrected chi connectivity index (χ0v) is 12.8. The van der Waals surface area contributed by atoms with Gasteiger partial charge in [0, 0.05) is 30.8 Å². The minimum absolute atomic E-state index is 0.160. The number of fused-ring (bicyclic) bond motifs is 1. The molecule has 3 rings (SSSR count). The first-order chi connectivity index (χ1) is 10.4. The van der Waals surface area contributed by atoms with Crippen LogP contribution in [-0.2, 0) is 28.1 Å². The van der Waals surface area contributed by atoms with E-state index in [1.54, 1.807) is 29.1 Å². The second kappa shape index (κ2) is 5.42. The molecule has 0 saturated heterocycles. The van der Waals surface area contributed by atoms with Gasteiger partial charge in [-0.05, 0) is 35.8 Å². The maximum Gasteiger partial charge on any atom is 0.224 e. The minimum Gasteiger partial charge on any atom is -0.326 e. The van der Waals surface area contributed by atoms with Crippen LogP contribution in [0, 0.1) is 0 Å². The molecule has 0 spiro atoms. The molecule has 0 unspecified atom stereocenters. The van der Waals surface area contributed by atoms with Crippen molar-refractivity contribution in [1.29, 1.82) is 0 Å². The number of hydrogen-bond donors (Lipinski definition) is 1. The van der Waals surface area contributed by atoms with Gasteiger partial charge in [0.15, 0.2) is 0 Å². The van der Waals surface area contributed by atoms with Gasteiger partial charge in [-0.2, -0.15) is 5.10 Å². The van der Waals surface area contributed by atoms with Crippen molar-refractivity contribution in [2.24, 2.45) is 7.05 Å². The molecule has 7 heteroatoms. The first-order valence-electron chi connectivity index (χ1n) is 6.79. The molecule has 114 valence electrons. The Kier molecular flexibility index (Phi) is 3.58. The van der Waals surface area contributed by atoms with Gasteiger partial charge in [0.1, 0.15) is 0 Å². The van der Waals surface area contributed by atoms with Gasteiger partial charge < -0.3 is 5.32 Å². The smallest absolute Gasteiger partial charge is 0.224 e. The van der Waals surface area contributed by atoms with E-state index in [9.17, 15) is 13.2 Å². The van der Waals surface area contributed by atoms with E-state index < -0.39 is 9.84 Å². The quantitative estimate of drug-likeness (QED) is 0.931. The predicted octanol–water partition coefficient (Wildman–Crippen LogP) is 1.75. The lowest BCUT2D eigenvalue weighted by molar-refractivity contribution is -0.116. The molecule has 0 radical (unpaired) electrons. The molecule has 2 aromatic rings. The highest BCUT2D eigenvalue weighted by Gasteiger charge is 2.21. The summed E-state index contributed by atoms with van der Waals surface area (Å²) in [6, 6.07) is 4.88. The first kappa shape index (κ1) is 14.5. The van der Waals surface area contributed by atoms with Gasteiger partial charge in [-0.3, -0.25) is 9.48 Å². The predicted molar refractivity (Wildman–Crippen MR) is 82.8 cm³/mol. The summed E-state index contributed by atoms with van der Waals surface area (Å²) in [7, 11) is -1.54. The summed E-state index contributed by atoms with van der Waals surface area (Å²) >= 11 is 0. The van der Waals surface area contributed by atoms with Gasteiger partial charge in [-0.1, -0.05) is 6.07 Å². The minimum atomic E-state index is -3.36. The van der Waals surface area contributed by atoms with E-state index in [4.69, 9.17) is 0 Å². The largest absolute Gasteiger partial charge is 0.326 e. The van der Waals surface area contributed by atoms with Gasteiger partial charge in [-0.25, -0.2) is 8.42 Å². The van der Waals surface area contributed by atoms with E-state index in [0.717, 1.165) is 5.56 Å². The molecule has 1 aromatic heterocycles. The topological polar surface area (TPSA) is 81.1 Å². The van der Waals surface area contributed by atoms with Gasteiger partial charge in [-0.15, -0.1) is 0 Å². The molecule has 0 bridgehead atoms. The molecular formula is C15H15N3O3S. The number of sulfone groups is 1. The molecule has 0 fully saturated rings. The van der Waals surface area contributed by atoms with Crippen molar-refractivity contribution in [3.8, 4) is 0 Å². The third-order valence-electron chi connectivity index (χ3n) is 3.43. The molecule has 6 nitrogen and oxygen atoms in total. The standard InChI is InChI=1S/C15H15N3O3S/c1-18-10-11(9-16-18)2-5-15(19)17-13-4-3-12-6-7-22(20,21)14(12)8-13/h3-4,6-10H,2,5H2,1H3,(H,17,19). The average molecular weight is 317 g/mol. The Morgan fingerprint density at radius 3 is 2.91 bits per heavy atom. The lowest BCUT2D eigenvalue weighted by Crippen LogP contribution is -2.12. The molecule has 2 heterocycles. The van der Waals surface area contributed by atoms with Crippen LogP contribution < -0.4 is 5.32 Å². The van der Waals surface area contributed by atoms with E-state index >= 15 is 0 Å². The van der Waals surface area contributed by atoms with Crippen LogP contribution in [0.25, 0.3) is 6.08 Å². The van der Waals surface area contributed by atoms with Crippen LogP contribution in [0.4, 0.5) is 5.69 Å². The fraction of sp³-hybridized carbons (Fsp3) is 0.200. The van der Waals surface area contributed by atoms with Crippen molar-refractivity contribution in [2.45, 2.75) is 17.7 Å². The van der Waals surface area contributed by atoms with Crippen molar-refractivity contribution in [2.75, 3.05) is 5.32 Å². The number of nitrogens with one attached hydrogen (secondary N) is 1. The zero-order valence-electron chi connectivity index (χ0n) is 12.0. The fourth-order valence-electron chi connectivity index (χ4n) is 2.31. The Morgan fingerprint density at radius 1 is 1.36 bits per heavy atom. The number of benzene rings is 1. The lowest BCUT2D eigenvalue weighted by Gasteiger charge is -2.07. The Labute approximate surface area is 128 Å². The molecular weight excluding hydrogens is 302 g/mol. The second-order valence-corrected chi connectivity index (χ2v) is 6.97. The summed E-state index contributed by atoms with van der Waals surface area (Å²) in [5.41, 5.74) is 2.12. The number of carbonyl (C=O) groups is 1. The van der Waals surface area contributed by atoms with Gasteiger partial charge in [0.2, 0.25) is 15.7 Å². The third kappa shape index (κ3) is 2.94. The highest BCUT2D eigenvalue weighted by Crippen LogP contribution is 2.29. The lowest BCUT2D eigenvalue weighted by atomic mass is 10.2. The summed E-state index contributed by atoms with van der Waals surface area (Å²) in [4.78, 5) is 12.2. The van der Waals surface area contributed by atoms with Crippen LogP contribution in [0.3, 0.4) is 0 Å². The van der Waals surface area contributed by atoms with E-state index in [2.05, 4.69) is 10.4 Å². The molecule has 1 aliphatic rings. The summed E-state index contributed by atoms with van der Waals surface area (Å²) < 4.78 is 25.3. The molecule has 0 atom stereocenters. The van der Waals surface area contributed by atoms with Crippen LogP contribution in [0.5, 0.6) is 0 Å². The number of aromatic nitrogens is 2. The van der Waals surface area contributed by atoms with Crippen molar-refractivity contribution in [3.63, 3.8) is 0 Å². The Hall–Kier alpha value is -2.41. The van der Waals surface area contributed by atoms with Crippen molar-refractivity contribution < 1.29 is 13.2 Å². The number of amides is 1. The number of carbonyl (C=O) groups excluding carboxylic acids is 1. The SMILES string of the molecule is Cn1cc(CCC(=O)Nc2ccc3c(c2)S(=O)(=O)C=C3)cn1. The first-order valence-corrected chi connectivity index (χ1v) is 8.33. The van der Waals surface area contributed by atoms with E-state index in [0.29, 0.717) is 24.1 Å². The molecule has 1 aromatic carbocycles. The molecule has 0 aliphatic carbocycles. The number of aryl methyl sites for hydroxylation is 2. The summed E-state index contributed by atoms with van der Waals surface area (Å²) in [5.74, 6) is -0.160. The zero-order chi connectivity index (χ0) is 15.7. The number of hydrogen-bond acceptors (Lipinski definition) is 4. The maximum absolute atomic E-state index is 12.0. The van der Waals surface area contributed by atoms with E-state index in [-0.39, 0.29) is 10.8 Å². The monoisotopic (exact) mass is 317 g/mol. The summed E-state index contributed by atoms with van der Waals surface area (Å²) in [5, 5.41) is 7.95. The van der Waals surface area contributed by atoms with Crippen LogP contribution in [0.15, 0.2) is 40.9 Å². The van der Waals surface area contributed by atoms with E-state index in [1.165, 1.54) is 11.5 Å². The Bertz CT molecular complexity index is 866. The maximum atomic E-state index is 12.0. The van der Waals surface area contributed by atoms with Crippen molar-refractivity contribution in [1.82, 2.24) is 9.78 Å². The Morgan fingerprint density at radius 2 is 2.18 bits per heavy atom. The molecule has 1 N–H and O–H groups in total. The van der Waals surface area contributed by atoms with Gasteiger partial charge in [0.05, 0.1) is 11.1 Å². The fourth-order valence-corrected chi connectivity index (χ4v) is 3.54. The van der Waals surface area contributed by atoms with Gasteiger partial charge >= 0.3 is 0 Å². The van der Waals surface area contributed by atoms with Crippen LogP contribution in [0.1, 0.15) is 17.5 Å². The number of nitrogens with zero attached hydrogens (tertiary/aromatic N) is 2. The molecule has 1 amide bonds. The third-order valence-corrected chi connectivity index (χ3v) is 4.89. The van der Waals surface area contributed by atoms with Crippen molar-refractivity contribution in [3.05, 3.63) is 47.1 Å². The molecule has 0 saturated carbocycles. The second-order valence-electron chi connectivity index (χ2n) is 5.17. The average Bonchev–Trinajstić information content (AvgIpc) is 3.01. The van der Waals surface area contributed by atoms with E-state index in [1.807, 2.05) is 13.2 Å². The molecule has 22 heavy (non-hydrogen) atoms. The highest BCUT2D eigenvalue weighted by molar-refractivity contribution is 7.94. The summed E-state index contributed by atoms with van der Waals surface area (Å²) in [6.45, 7) is 0. The van der Waals surface area contributed by atoms with Crippen LogP contribution in [0.2, 0.25) is 0 Å².